The number of hydrogen-bond donors (Lipinski definition) is 2. The van der Waals surface area contributed by atoms with Crippen molar-refractivity contribution in [1.82, 2.24) is 19.6 Å². The lowest BCUT2D eigenvalue weighted by molar-refractivity contribution is -0.152. The number of amides is 2. The predicted octanol–water partition coefficient (Wildman–Crippen LogP) is 8.16. The molecule has 23 heteroatoms. The number of sulfone groups is 2. The minimum Gasteiger partial charge on any atom is -0.462 e. The van der Waals surface area contributed by atoms with E-state index in [1.165, 1.54) is 24.3 Å². The van der Waals surface area contributed by atoms with Crippen molar-refractivity contribution in [2.75, 3.05) is 61.0 Å². The van der Waals surface area contributed by atoms with Crippen molar-refractivity contribution in [2.24, 2.45) is 25.9 Å². The smallest absolute Gasteiger partial charge is 0.338 e. The van der Waals surface area contributed by atoms with Gasteiger partial charge in [-0.25, -0.2) is 26.4 Å². The number of ketones is 1. The molecular weight excluding hydrogens is 1080 g/mol. The molecule has 21 nitrogen and oxygen atoms in total. The van der Waals surface area contributed by atoms with Crippen molar-refractivity contribution in [1.29, 1.82) is 0 Å². The Morgan fingerprint density at radius 2 is 1.09 bits per heavy atom. The molecule has 2 N–H and O–H groups in total. The molecule has 6 aromatic rings. The van der Waals surface area contributed by atoms with Gasteiger partial charge in [0.25, 0.3) is 0 Å². The zero-order valence-corrected chi connectivity index (χ0v) is 47.5. The lowest BCUT2D eigenvalue weighted by Crippen LogP contribution is -2.28. The molecule has 11 rings (SSSR count). The summed E-state index contributed by atoms with van der Waals surface area (Å²) >= 11 is 0. The molecule has 5 heterocycles. The Bertz CT molecular complexity index is 3700. The normalized spacial score (nSPS) is 19.5. The van der Waals surface area contributed by atoms with Gasteiger partial charge in [-0.1, -0.05) is 12.1 Å². The lowest BCUT2D eigenvalue weighted by atomic mass is 9.86. The van der Waals surface area contributed by atoms with Gasteiger partial charge in [-0.2, -0.15) is 10.2 Å². The van der Waals surface area contributed by atoms with Gasteiger partial charge in [0.2, 0.25) is 31.5 Å². The number of nitrogens with zero attached hydrogens (tertiary/aromatic N) is 6. The summed E-state index contributed by atoms with van der Waals surface area (Å²) < 4.78 is 80.0. The summed E-state index contributed by atoms with van der Waals surface area (Å²) in [6.45, 7) is 4.89. The first-order valence-electron chi connectivity index (χ1n) is 27.0. The molecule has 2 aliphatic carbocycles. The number of nitrogens with one attached hydrogen (secondary N) is 2. The fourth-order valence-corrected chi connectivity index (χ4v) is 15.1. The van der Waals surface area contributed by atoms with Gasteiger partial charge in [0, 0.05) is 78.4 Å². The molecule has 5 aliphatic rings. The highest BCUT2D eigenvalue weighted by atomic mass is 32.2. The number of rotatable bonds is 14. The van der Waals surface area contributed by atoms with E-state index >= 15 is 0 Å². The number of aryl methyl sites for hydroxylation is 2. The van der Waals surface area contributed by atoms with Crippen LogP contribution in [-0.2, 0) is 67.1 Å². The Balaban J connectivity index is 0.000000182. The summed E-state index contributed by atoms with van der Waals surface area (Å²) in [6.07, 6.45) is 8.49. The number of benzene rings is 4. The molecule has 2 amide bonds. The first-order chi connectivity index (χ1) is 38.7. The van der Waals surface area contributed by atoms with E-state index in [0.717, 1.165) is 19.3 Å². The van der Waals surface area contributed by atoms with Crippen LogP contribution in [-0.4, -0.2) is 112 Å². The molecule has 4 atom stereocenters. The summed E-state index contributed by atoms with van der Waals surface area (Å²) in [4.78, 5) is 67.5. The predicted molar refractivity (Wildman–Crippen MR) is 297 cm³/mol. The zero-order chi connectivity index (χ0) is 57.5. The first-order valence-corrected chi connectivity index (χ1v) is 29.9. The van der Waals surface area contributed by atoms with Crippen molar-refractivity contribution < 1.29 is 59.8 Å². The molecule has 3 aliphatic heterocycles. The van der Waals surface area contributed by atoms with E-state index in [-0.39, 0.29) is 73.4 Å². The van der Waals surface area contributed by atoms with Crippen molar-refractivity contribution in [2.45, 2.75) is 102 Å². The maximum atomic E-state index is 13.8. The first kappa shape index (κ1) is 56.5. The second kappa shape index (κ2) is 22.7. The molecule has 3 fully saturated rings. The van der Waals surface area contributed by atoms with Crippen LogP contribution in [0, 0.1) is 11.8 Å². The molecular formula is C58H64N8O13S2. The Kier molecular flexibility index (Phi) is 15.8. The minimum absolute atomic E-state index is 0.0183. The van der Waals surface area contributed by atoms with Crippen molar-refractivity contribution >= 4 is 83.6 Å². The number of Topliss-reactive ketones (excluding diaryl/α,β-unsaturated/α-hetero) is 1. The molecule has 2 aromatic heterocycles. The minimum atomic E-state index is -3.95. The average molecular weight is 1150 g/mol. The number of anilines is 6. The van der Waals surface area contributed by atoms with Gasteiger partial charge in [0.15, 0.2) is 17.4 Å². The second-order valence-corrected chi connectivity index (χ2v) is 24.8. The average Bonchev–Trinajstić information content (AvgIpc) is 3.17. The van der Waals surface area contributed by atoms with Crippen LogP contribution < -0.4 is 20.4 Å². The van der Waals surface area contributed by atoms with Gasteiger partial charge >= 0.3 is 11.9 Å². The van der Waals surface area contributed by atoms with E-state index in [2.05, 4.69) is 20.8 Å². The number of aromatic nitrogens is 4. The molecule has 4 unspecified atom stereocenters. The Hall–Kier alpha value is -7.73. The maximum absolute atomic E-state index is 13.8. The molecule has 1 spiro atoms. The largest absolute Gasteiger partial charge is 0.462 e. The Morgan fingerprint density at radius 3 is 1.51 bits per heavy atom. The number of ether oxygens (including phenoxy) is 4. The van der Waals surface area contributed by atoms with Gasteiger partial charge < -0.3 is 39.4 Å². The van der Waals surface area contributed by atoms with Gasteiger partial charge in [-0.15, -0.1) is 0 Å². The molecule has 0 bridgehead atoms. The fourth-order valence-electron chi connectivity index (χ4n) is 11.6. The third kappa shape index (κ3) is 11.4. The van der Waals surface area contributed by atoms with Gasteiger partial charge in [0.05, 0.1) is 91.7 Å². The van der Waals surface area contributed by atoms with Crippen LogP contribution in [0.15, 0.2) is 117 Å². The third-order valence-electron chi connectivity index (χ3n) is 15.7. The van der Waals surface area contributed by atoms with E-state index in [1.54, 1.807) is 134 Å². The van der Waals surface area contributed by atoms with E-state index in [4.69, 9.17) is 18.9 Å². The second-order valence-electron chi connectivity index (χ2n) is 21.1. The highest BCUT2D eigenvalue weighted by molar-refractivity contribution is 7.92. The van der Waals surface area contributed by atoms with E-state index in [0.29, 0.717) is 90.8 Å². The number of hydrogen-bond acceptors (Lipinski definition) is 17. The van der Waals surface area contributed by atoms with Crippen LogP contribution in [0.5, 0.6) is 0 Å². The van der Waals surface area contributed by atoms with Crippen LogP contribution in [0.4, 0.5) is 34.4 Å². The number of fused-ring (bicyclic) bond motifs is 4. The molecule has 1 saturated heterocycles. The van der Waals surface area contributed by atoms with Crippen molar-refractivity contribution in [3.8, 4) is 0 Å². The van der Waals surface area contributed by atoms with Crippen LogP contribution >= 0.6 is 0 Å². The monoisotopic (exact) mass is 1140 g/mol. The van der Waals surface area contributed by atoms with E-state index in [1.807, 2.05) is 0 Å². The highest BCUT2D eigenvalue weighted by Crippen LogP contribution is 2.49. The summed E-state index contributed by atoms with van der Waals surface area (Å²) in [5, 5.41) is 14.3. The SMILES string of the molecule is CCOC(=O)c1ccc2c(c1)S(=O)(=O)c1ccc(C(CC3CCC(=O)C3)C(=O)Nc3ccn(C)n3)cc1N2C.CCOC(=O)c1ccc2c(c1)S(=O)(=O)c1ccc(C(CC3CCC4(C3)OCCO4)C(=O)Nc3ccn(C)n3)cc1N2C. The lowest BCUT2D eigenvalue weighted by Gasteiger charge is -2.31. The fraction of sp³-hybridized carbons (Fsp3) is 0.397. The van der Waals surface area contributed by atoms with Crippen molar-refractivity contribution in [3.63, 3.8) is 0 Å². The summed E-state index contributed by atoms with van der Waals surface area (Å²) in [6, 6.07) is 22.4. The molecule has 4 aromatic carbocycles. The number of esters is 2. The molecule has 2 saturated carbocycles. The topological polar surface area (TPSA) is 257 Å². The standard InChI is InChI=1S/C30H34N4O7S.C28H30N4O6S/c1-4-39-29(36)21-5-7-23-26(17-21)42(37,38)25-8-6-20(16-24(25)34(23)3)22(28(35)31-27-10-12-33(2)32-27)15-19-9-11-30(18-19)40-13-14-41-30;1-4-38-28(35)19-6-9-22-25(16-19)39(36,37)24-10-7-18(15-23(24)32(22)3)21(14-17-5-8-20(33)13-17)27(34)29-26-11-12-31(2)30-26/h5-8,10,12,16-17,19,22H,4,9,11,13-15,18H2,1-3H3,(H,31,32,35);6-7,9-12,15-17,21H,4-5,8,13-14H2,1-3H3,(H,29,30,34). The summed E-state index contributed by atoms with van der Waals surface area (Å²) in [5.74, 6) is -2.10. The van der Waals surface area contributed by atoms with Crippen molar-refractivity contribution in [3.05, 3.63) is 120 Å². The third-order valence-corrected chi connectivity index (χ3v) is 19.4. The summed E-state index contributed by atoms with van der Waals surface area (Å²) in [5.41, 5.74) is 3.43. The summed E-state index contributed by atoms with van der Waals surface area (Å²) in [7, 11) is -0.840. The van der Waals surface area contributed by atoms with Gasteiger partial charge in [-0.05, 0) is 123 Å². The van der Waals surface area contributed by atoms with E-state index in [9.17, 15) is 40.8 Å². The molecule has 81 heavy (non-hydrogen) atoms. The van der Waals surface area contributed by atoms with Gasteiger partial charge in [0.1, 0.15) is 5.78 Å². The van der Waals surface area contributed by atoms with Crippen LogP contribution in [0.3, 0.4) is 0 Å². The zero-order valence-electron chi connectivity index (χ0n) is 45.8. The number of carbonyl (C=O) groups excluding carboxylic acids is 5. The molecule has 0 radical (unpaired) electrons. The quantitative estimate of drug-likeness (QED) is 0.0975. The molecule has 426 valence electrons. The van der Waals surface area contributed by atoms with Gasteiger partial charge in [-0.3, -0.25) is 23.7 Å². The Morgan fingerprint density at radius 1 is 0.617 bits per heavy atom. The Labute approximate surface area is 469 Å². The maximum Gasteiger partial charge on any atom is 0.338 e. The van der Waals surface area contributed by atoms with E-state index < -0.39 is 49.2 Å². The number of carbonyl (C=O) groups is 5. The highest BCUT2D eigenvalue weighted by Gasteiger charge is 2.46. The van der Waals surface area contributed by atoms with Crippen LogP contribution in [0.2, 0.25) is 0 Å². The van der Waals surface area contributed by atoms with Crippen LogP contribution in [0.25, 0.3) is 0 Å². The van der Waals surface area contributed by atoms with Crippen LogP contribution in [0.1, 0.15) is 109 Å².